The summed E-state index contributed by atoms with van der Waals surface area (Å²) in [5.41, 5.74) is 2.80. The number of ether oxygens (including phenoxy) is 2. The van der Waals surface area contributed by atoms with Crippen molar-refractivity contribution in [1.29, 1.82) is 0 Å². The summed E-state index contributed by atoms with van der Waals surface area (Å²) in [7, 11) is 1.57. The molecule has 1 atom stereocenters. The van der Waals surface area contributed by atoms with Crippen molar-refractivity contribution in [2.75, 3.05) is 33.4 Å². The highest BCUT2D eigenvalue weighted by Crippen LogP contribution is 2.38. The molecule has 1 saturated heterocycles. The maximum Gasteiger partial charge on any atom is 0.337 e. The van der Waals surface area contributed by atoms with Crippen LogP contribution in [0.25, 0.3) is 0 Å². The smallest absolute Gasteiger partial charge is 0.337 e. The number of aliphatic hydroxyl groups excluding tert-OH is 1. The van der Waals surface area contributed by atoms with Crippen LogP contribution < -0.4 is 9.47 Å². The van der Waals surface area contributed by atoms with Gasteiger partial charge in [-0.05, 0) is 104 Å². The molecule has 1 fully saturated rings. The lowest BCUT2D eigenvalue weighted by Gasteiger charge is -2.36. The third-order valence-corrected chi connectivity index (χ3v) is 8.31. The number of nitrogens with zero attached hydrogens (tertiary/aromatic N) is 1. The second kappa shape index (κ2) is 17.4. The zero-order valence-electron chi connectivity index (χ0n) is 26.6. The zero-order chi connectivity index (χ0) is 33.8. The van der Waals surface area contributed by atoms with Gasteiger partial charge in [0.25, 0.3) is 0 Å². The number of rotatable bonds is 12. The van der Waals surface area contributed by atoms with Gasteiger partial charge in [0.1, 0.15) is 11.6 Å². The maximum absolute atomic E-state index is 14.0. The monoisotopic (exact) mass is 645 g/mol. The molecule has 248 valence electrons. The Morgan fingerprint density at radius 1 is 0.830 bits per heavy atom. The molecular weight excluding hydrogens is 604 g/mol. The van der Waals surface area contributed by atoms with Gasteiger partial charge in [-0.15, -0.1) is 0 Å². The van der Waals surface area contributed by atoms with Crippen molar-refractivity contribution in [2.24, 2.45) is 5.92 Å². The summed E-state index contributed by atoms with van der Waals surface area (Å²) < 4.78 is 39.4. The molecule has 2 N–H and O–H groups in total. The fourth-order valence-corrected chi connectivity index (χ4v) is 5.90. The molecule has 1 heterocycles. The molecule has 0 aliphatic carbocycles. The first-order valence-corrected chi connectivity index (χ1v) is 15.7. The highest BCUT2D eigenvalue weighted by atomic mass is 19.1. The Balaban J connectivity index is 0.000000385. The van der Waals surface area contributed by atoms with Gasteiger partial charge in [0.15, 0.2) is 23.4 Å². The summed E-state index contributed by atoms with van der Waals surface area (Å²) in [6.07, 6.45) is 1.37. The number of aliphatic carboxylic acids is 1. The van der Waals surface area contributed by atoms with E-state index in [1.807, 2.05) is 12.1 Å². The normalized spacial score (nSPS) is 14.2. The average molecular weight is 646 g/mol. The Hall–Kier alpha value is -4.60. The molecule has 4 aromatic rings. The van der Waals surface area contributed by atoms with Crippen LogP contribution in [0.4, 0.5) is 8.78 Å². The predicted molar refractivity (Wildman–Crippen MR) is 176 cm³/mol. The molecule has 5 rings (SSSR count). The first-order valence-electron chi connectivity index (χ1n) is 15.7. The molecule has 0 spiro atoms. The molecule has 4 aromatic carbocycles. The number of aliphatic hydroxyl groups is 1. The van der Waals surface area contributed by atoms with E-state index in [0.29, 0.717) is 35.2 Å². The number of hydrogen-bond acceptors (Lipinski definition) is 6. The van der Waals surface area contributed by atoms with Crippen LogP contribution >= 0.6 is 0 Å². The summed E-state index contributed by atoms with van der Waals surface area (Å²) in [5, 5.41) is 17.4. The van der Waals surface area contributed by atoms with Crippen LogP contribution in [0, 0.1) is 17.6 Å². The summed E-state index contributed by atoms with van der Waals surface area (Å²) in [4.78, 5) is 24.3. The van der Waals surface area contributed by atoms with Crippen LogP contribution in [0.1, 0.15) is 65.3 Å². The van der Waals surface area contributed by atoms with Crippen molar-refractivity contribution >= 4 is 11.8 Å². The Morgan fingerprint density at radius 2 is 1.43 bits per heavy atom. The lowest BCUT2D eigenvalue weighted by Crippen LogP contribution is -2.37. The van der Waals surface area contributed by atoms with E-state index >= 15 is 0 Å². The molecule has 0 bridgehead atoms. The number of ketones is 1. The van der Waals surface area contributed by atoms with Crippen molar-refractivity contribution in [1.82, 2.24) is 4.90 Å². The molecule has 1 aliphatic rings. The number of piperidine rings is 1. The average Bonchev–Trinajstić information content (AvgIpc) is 3.08. The molecule has 0 radical (unpaired) electrons. The number of Topliss-reactive ketones (excluding diaryl/α,β-unsaturated/α-hetero) is 1. The SMILES string of the molecule is COc1cc(C(C)=O)ccc1OCCCN1CCC(C(c2cccc(F)c2)c2cccc(F)c2)CC1.O=C(O)C(O)c1ccccc1. The van der Waals surface area contributed by atoms with Crippen molar-refractivity contribution in [3.05, 3.63) is 131 Å². The van der Waals surface area contributed by atoms with E-state index in [-0.39, 0.29) is 23.3 Å². The minimum absolute atomic E-state index is 0.0136. The Kier molecular flexibility index (Phi) is 13.0. The van der Waals surface area contributed by atoms with E-state index in [2.05, 4.69) is 4.90 Å². The number of benzene rings is 4. The molecule has 0 saturated carbocycles. The van der Waals surface area contributed by atoms with E-state index in [9.17, 15) is 18.4 Å². The van der Waals surface area contributed by atoms with E-state index in [1.165, 1.54) is 19.1 Å². The van der Waals surface area contributed by atoms with E-state index in [0.717, 1.165) is 50.0 Å². The second-order valence-electron chi connectivity index (χ2n) is 11.5. The Morgan fingerprint density at radius 3 is 1.96 bits per heavy atom. The highest BCUT2D eigenvalue weighted by molar-refractivity contribution is 5.94. The molecule has 0 aromatic heterocycles. The molecule has 1 unspecified atom stereocenters. The maximum atomic E-state index is 14.0. The molecular formula is C38H41F2NO6. The number of carbonyl (C=O) groups is 2. The fourth-order valence-electron chi connectivity index (χ4n) is 5.90. The number of carbonyl (C=O) groups excluding carboxylic acids is 1. The lowest BCUT2D eigenvalue weighted by molar-refractivity contribution is -0.146. The second-order valence-corrected chi connectivity index (χ2v) is 11.5. The van der Waals surface area contributed by atoms with Crippen LogP contribution in [-0.4, -0.2) is 60.2 Å². The highest BCUT2D eigenvalue weighted by Gasteiger charge is 2.29. The topological polar surface area (TPSA) is 96.3 Å². The third kappa shape index (κ3) is 10.2. The number of likely N-dealkylation sites (tertiary alicyclic amines) is 1. The standard InChI is InChI=1S/C30H33F2NO3.C8H8O3/c1-21(34)23-10-11-28(29(20-23)35-2)36-17-5-14-33-15-12-22(13-16-33)30(24-6-3-8-26(31)18-24)25-7-4-9-27(32)19-25;9-7(8(10)11)6-4-2-1-3-5-6/h3-4,6-11,18-20,22,30H,5,12-17H2,1-2H3;1-5,7,9H,(H,10,11). The van der Waals surface area contributed by atoms with Gasteiger partial charge in [0, 0.05) is 18.0 Å². The lowest BCUT2D eigenvalue weighted by atomic mass is 9.76. The molecule has 47 heavy (non-hydrogen) atoms. The van der Waals surface area contributed by atoms with Crippen LogP contribution in [0.3, 0.4) is 0 Å². The van der Waals surface area contributed by atoms with Crippen molar-refractivity contribution in [3.63, 3.8) is 0 Å². The molecule has 9 heteroatoms. The van der Waals surface area contributed by atoms with Gasteiger partial charge >= 0.3 is 5.97 Å². The number of hydrogen-bond donors (Lipinski definition) is 2. The first-order chi connectivity index (χ1) is 22.7. The van der Waals surface area contributed by atoms with E-state index in [4.69, 9.17) is 19.7 Å². The Labute approximate surface area is 274 Å². The summed E-state index contributed by atoms with van der Waals surface area (Å²) >= 11 is 0. The van der Waals surface area contributed by atoms with Gasteiger partial charge in [-0.2, -0.15) is 0 Å². The van der Waals surface area contributed by atoms with Gasteiger partial charge in [0.05, 0.1) is 13.7 Å². The van der Waals surface area contributed by atoms with Crippen LogP contribution in [-0.2, 0) is 4.79 Å². The number of halogens is 2. The van der Waals surface area contributed by atoms with Crippen molar-refractivity contribution in [3.8, 4) is 11.5 Å². The van der Waals surface area contributed by atoms with Gasteiger partial charge < -0.3 is 24.6 Å². The zero-order valence-corrected chi connectivity index (χ0v) is 26.6. The van der Waals surface area contributed by atoms with Gasteiger partial charge in [-0.25, -0.2) is 13.6 Å². The van der Waals surface area contributed by atoms with Crippen molar-refractivity contribution in [2.45, 2.75) is 38.2 Å². The minimum Gasteiger partial charge on any atom is -0.493 e. The molecule has 0 amide bonds. The fraction of sp³-hybridized carbons (Fsp3) is 0.316. The van der Waals surface area contributed by atoms with Gasteiger partial charge in [-0.1, -0.05) is 54.6 Å². The van der Waals surface area contributed by atoms with E-state index in [1.54, 1.807) is 79.9 Å². The van der Waals surface area contributed by atoms with Crippen LogP contribution in [0.2, 0.25) is 0 Å². The number of carboxylic acid groups (broad SMARTS) is 1. The summed E-state index contributed by atoms with van der Waals surface area (Å²) in [6.45, 7) is 4.85. The van der Waals surface area contributed by atoms with Gasteiger partial charge in [0.2, 0.25) is 0 Å². The predicted octanol–water partition coefficient (Wildman–Crippen LogP) is 7.29. The summed E-state index contributed by atoms with van der Waals surface area (Å²) in [6, 6.07) is 26.9. The largest absolute Gasteiger partial charge is 0.493 e. The quantitative estimate of drug-likeness (QED) is 0.123. The number of methoxy groups -OCH3 is 1. The molecule has 7 nitrogen and oxygen atoms in total. The first kappa shape index (κ1) is 35.3. The van der Waals surface area contributed by atoms with E-state index < -0.39 is 12.1 Å². The van der Waals surface area contributed by atoms with Gasteiger partial charge in [-0.3, -0.25) is 4.79 Å². The van der Waals surface area contributed by atoms with Crippen LogP contribution in [0.5, 0.6) is 11.5 Å². The minimum atomic E-state index is -1.41. The van der Waals surface area contributed by atoms with Crippen LogP contribution in [0.15, 0.2) is 97.1 Å². The van der Waals surface area contributed by atoms with Crippen molar-refractivity contribution < 1.29 is 38.1 Å². The summed E-state index contributed by atoms with van der Waals surface area (Å²) in [5.74, 6) is -0.301. The Bertz CT molecular complexity index is 1560. The molecule has 1 aliphatic heterocycles. The third-order valence-electron chi connectivity index (χ3n) is 8.31. The number of carboxylic acids is 1.